The van der Waals surface area contributed by atoms with Gasteiger partial charge in [-0.15, -0.1) is 11.8 Å². The number of thioether (sulfide) groups is 1. The van der Waals surface area contributed by atoms with Crippen LogP contribution >= 0.6 is 11.8 Å². The Labute approximate surface area is 128 Å². The van der Waals surface area contributed by atoms with Crippen LogP contribution in [0.2, 0.25) is 0 Å². The molecule has 21 heavy (non-hydrogen) atoms. The van der Waals surface area contributed by atoms with Crippen LogP contribution < -0.4 is 0 Å². The summed E-state index contributed by atoms with van der Waals surface area (Å²) < 4.78 is 13.7. The first-order valence-corrected chi connectivity index (χ1v) is 7.95. The normalized spacial score (nSPS) is 18.0. The third-order valence-electron chi connectivity index (χ3n) is 3.66. The minimum Gasteiger partial charge on any atom is -0.322 e. The van der Waals surface area contributed by atoms with Crippen LogP contribution in [0.4, 0.5) is 4.39 Å². The molecule has 0 N–H and O–H groups in total. The highest BCUT2D eigenvalue weighted by atomic mass is 32.2. The molecule has 108 valence electrons. The van der Waals surface area contributed by atoms with Crippen LogP contribution in [0.15, 0.2) is 48.5 Å². The summed E-state index contributed by atoms with van der Waals surface area (Å²) in [6.07, 6.45) is 0. The molecule has 1 unspecified atom stereocenters. The first-order chi connectivity index (χ1) is 10.2. The smallest absolute Gasteiger partial charge is 0.255 e. The molecular formula is C17H16FNOS. The van der Waals surface area contributed by atoms with Crippen molar-refractivity contribution in [2.45, 2.75) is 12.3 Å². The van der Waals surface area contributed by atoms with Crippen LogP contribution in [0.25, 0.3) is 0 Å². The number of halogens is 1. The van der Waals surface area contributed by atoms with Crippen molar-refractivity contribution in [3.05, 3.63) is 71.0 Å². The highest BCUT2D eigenvalue weighted by molar-refractivity contribution is 7.99. The number of carbonyl (C=O) groups is 1. The SMILES string of the molecule is Cc1ccc(C(=O)N2CCSC2c2ccccc2)cc1F. The first kappa shape index (κ1) is 14.1. The van der Waals surface area contributed by atoms with Crippen molar-refractivity contribution < 1.29 is 9.18 Å². The molecule has 0 bridgehead atoms. The number of carbonyl (C=O) groups excluding carboxylic acids is 1. The third kappa shape index (κ3) is 2.81. The minimum atomic E-state index is -0.330. The van der Waals surface area contributed by atoms with E-state index in [9.17, 15) is 9.18 Å². The predicted molar refractivity (Wildman–Crippen MR) is 83.8 cm³/mol. The van der Waals surface area contributed by atoms with Gasteiger partial charge in [0.1, 0.15) is 11.2 Å². The van der Waals surface area contributed by atoms with Crippen LogP contribution in [0.3, 0.4) is 0 Å². The van der Waals surface area contributed by atoms with Crippen molar-refractivity contribution in [1.29, 1.82) is 0 Å². The van der Waals surface area contributed by atoms with Gasteiger partial charge < -0.3 is 4.90 Å². The molecule has 0 saturated carbocycles. The fraction of sp³-hybridized carbons (Fsp3) is 0.235. The molecular weight excluding hydrogens is 285 g/mol. The molecule has 1 fully saturated rings. The van der Waals surface area contributed by atoms with Gasteiger partial charge in [-0.1, -0.05) is 36.4 Å². The lowest BCUT2D eigenvalue weighted by Crippen LogP contribution is -2.30. The summed E-state index contributed by atoms with van der Waals surface area (Å²) in [6, 6.07) is 14.7. The van der Waals surface area contributed by atoms with Crippen LogP contribution in [-0.4, -0.2) is 23.1 Å². The number of hydrogen-bond acceptors (Lipinski definition) is 2. The number of amides is 1. The number of hydrogen-bond donors (Lipinski definition) is 0. The molecule has 0 radical (unpaired) electrons. The highest BCUT2D eigenvalue weighted by Crippen LogP contribution is 2.38. The molecule has 3 rings (SSSR count). The topological polar surface area (TPSA) is 20.3 Å². The summed E-state index contributed by atoms with van der Waals surface area (Å²) in [5, 5.41) is 0.0167. The highest BCUT2D eigenvalue weighted by Gasteiger charge is 2.31. The Hall–Kier alpha value is -1.81. The lowest BCUT2D eigenvalue weighted by Gasteiger charge is -2.24. The molecule has 0 aliphatic carbocycles. The zero-order chi connectivity index (χ0) is 14.8. The lowest BCUT2D eigenvalue weighted by molar-refractivity contribution is 0.0760. The molecule has 2 aromatic rings. The van der Waals surface area contributed by atoms with Gasteiger partial charge in [-0.3, -0.25) is 4.79 Å². The zero-order valence-electron chi connectivity index (χ0n) is 11.8. The maximum atomic E-state index is 13.7. The van der Waals surface area contributed by atoms with Crippen LogP contribution in [0, 0.1) is 12.7 Å². The molecule has 1 atom stereocenters. The van der Waals surface area contributed by atoms with Gasteiger partial charge in [-0.25, -0.2) is 4.39 Å². The molecule has 1 heterocycles. The maximum absolute atomic E-state index is 13.7. The number of rotatable bonds is 2. The second-order valence-electron chi connectivity index (χ2n) is 5.10. The van der Waals surface area contributed by atoms with Gasteiger partial charge in [0.2, 0.25) is 0 Å². The predicted octanol–water partition coefficient (Wildman–Crippen LogP) is 4.02. The first-order valence-electron chi connectivity index (χ1n) is 6.90. The molecule has 1 aliphatic rings. The molecule has 2 aromatic carbocycles. The van der Waals surface area contributed by atoms with Crippen molar-refractivity contribution in [1.82, 2.24) is 4.90 Å². The van der Waals surface area contributed by atoms with Gasteiger partial charge in [-0.05, 0) is 30.2 Å². The number of aryl methyl sites for hydroxylation is 1. The van der Waals surface area contributed by atoms with E-state index in [1.807, 2.05) is 35.2 Å². The monoisotopic (exact) mass is 301 g/mol. The van der Waals surface area contributed by atoms with E-state index in [0.717, 1.165) is 11.3 Å². The largest absolute Gasteiger partial charge is 0.322 e. The third-order valence-corrected chi connectivity index (χ3v) is 4.92. The summed E-state index contributed by atoms with van der Waals surface area (Å²) >= 11 is 1.75. The van der Waals surface area contributed by atoms with Crippen LogP contribution in [0.1, 0.15) is 26.9 Å². The fourth-order valence-corrected chi connectivity index (χ4v) is 3.72. The van der Waals surface area contributed by atoms with Gasteiger partial charge in [0.25, 0.3) is 5.91 Å². The van der Waals surface area contributed by atoms with Crippen molar-refractivity contribution in [3.63, 3.8) is 0 Å². The van der Waals surface area contributed by atoms with Crippen molar-refractivity contribution in [3.8, 4) is 0 Å². The molecule has 1 aliphatic heterocycles. The standard InChI is InChI=1S/C17H16FNOS/c1-12-7-8-14(11-15(12)18)16(20)19-9-10-21-17(19)13-5-3-2-4-6-13/h2-8,11,17H,9-10H2,1H3. The average Bonchev–Trinajstić information content (AvgIpc) is 2.99. The van der Waals surface area contributed by atoms with E-state index < -0.39 is 0 Å². The van der Waals surface area contributed by atoms with Gasteiger partial charge in [0, 0.05) is 17.9 Å². The Morgan fingerprint density at radius 1 is 1.24 bits per heavy atom. The zero-order valence-corrected chi connectivity index (χ0v) is 12.6. The molecule has 2 nitrogen and oxygen atoms in total. The minimum absolute atomic E-state index is 0.0167. The molecule has 4 heteroatoms. The van der Waals surface area contributed by atoms with E-state index in [2.05, 4.69) is 0 Å². The molecule has 0 aromatic heterocycles. The van der Waals surface area contributed by atoms with E-state index >= 15 is 0 Å². The summed E-state index contributed by atoms with van der Waals surface area (Å²) in [6.45, 7) is 2.39. The average molecular weight is 301 g/mol. The van der Waals surface area contributed by atoms with E-state index in [0.29, 0.717) is 17.7 Å². The fourth-order valence-electron chi connectivity index (χ4n) is 2.46. The van der Waals surface area contributed by atoms with E-state index in [1.54, 1.807) is 30.8 Å². The Morgan fingerprint density at radius 2 is 2.00 bits per heavy atom. The Bertz CT molecular complexity index is 659. The van der Waals surface area contributed by atoms with Gasteiger partial charge in [-0.2, -0.15) is 0 Å². The lowest BCUT2D eigenvalue weighted by atomic mass is 10.1. The summed E-state index contributed by atoms with van der Waals surface area (Å²) in [4.78, 5) is 14.5. The molecule has 1 amide bonds. The van der Waals surface area contributed by atoms with Gasteiger partial charge in [0.15, 0.2) is 0 Å². The Balaban J connectivity index is 1.88. The quantitative estimate of drug-likeness (QED) is 0.835. The van der Waals surface area contributed by atoms with Crippen molar-refractivity contribution >= 4 is 17.7 Å². The maximum Gasteiger partial charge on any atom is 0.255 e. The van der Waals surface area contributed by atoms with Crippen molar-refractivity contribution in [2.75, 3.05) is 12.3 Å². The Morgan fingerprint density at radius 3 is 2.71 bits per heavy atom. The second-order valence-corrected chi connectivity index (χ2v) is 6.28. The van der Waals surface area contributed by atoms with Gasteiger partial charge in [0.05, 0.1) is 0 Å². The van der Waals surface area contributed by atoms with Crippen LogP contribution in [0.5, 0.6) is 0 Å². The van der Waals surface area contributed by atoms with E-state index in [1.165, 1.54) is 6.07 Å². The summed E-state index contributed by atoms with van der Waals surface area (Å²) in [5.74, 6) is 0.469. The second kappa shape index (κ2) is 5.90. The molecule has 1 saturated heterocycles. The molecule has 0 spiro atoms. The summed E-state index contributed by atoms with van der Waals surface area (Å²) in [5.41, 5.74) is 2.09. The Kier molecular flexibility index (Phi) is 3.97. The summed E-state index contributed by atoms with van der Waals surface area (Å²) in [7, 11) is 0. The number of nitrogens with zero attached hydrogens (tertiary/aromatic N) is 1. The van der Waals surface area contributed by atoms with E-state index in [4.69, 9.17) is 0 Å². The van der Waals surface area contributed by atoms with E-state index in [-0.39, 0.29) is 17.1 Å². The van der Waals surface area contributed by atoms with Crippen LogP contribution in [-0.2, 0) is 0 Å². The van der Waals surface area contributed by atoms with Crippen molar-refractivity contribution in [2.24, 2.45) is 0 Å². The number of benzene rings is 2. The van der Waals surface area contributed by atoms with Gasteiger partial charge >= 0.3 is 0 Å².